The van der Waals surface area contributed by atoms with E-state index in [1.807, 2.05) is 37.1 Å². The maximum atomic E-state index is 4.16. The van der Waals surface area contributed by atoms with Crippen LogP contribution in [0.4, 0.5) is 0 Å². The highest BCUT2D eigenvalue weighted by Gasteiger charge is 2.09. The number of hydrogen-bond donors (Lipinski definition) is 1. The number of aromatic nitrogens is 1. The van der Waals surface area contributed by atoms with Gasteiger partial charge in [-0.15, -0.1) is 11.8 Å². The van der Waals surface area contributed by atoms with E-state index in [1.54, 1.807) is 6.20 Å². The fourth-order valence-electron chi connectivity index (χ4n) is 1.62. The van der Waals surface area contributed by atoms with Crippen molar-refractivity contribution in [3.8, 4) is 0 Å². The van der Waals surface area contributed by atoms with Gasteiger partial charge >= 0.3 is 0 Å². The predicted molar refractivity (Wildman–Crippen MR) is 73.2 cm³/mol. The maximum Gasteiger partial charge on any atom is 0.0428 e. The van der Waals surface area contributed by atoms with Crippen LogP contribution in [0, 0.1) is 0 Å². The van der Waals surface area contributed by atoms with Crippen molar-refractivity contribution in [1.29, 1.82) is 0 Å². The average molecular weight is 244 g/mol. The molecule has 17 heavy (non-hydrogen) atoms. The van der Waals surface area contributed by atoms with Gasteiger partial charge in [0.2, 0.25) is 0 Å². The van der Waals surface area contributed by atoms with Crippen LogP contribution in [0.25, 0.3) is 0 Å². The van der Waals surface area contributed by atoms with Gasteiger partial charge in [-0.25, -0.2) is 0 Å². The van der Waals surface area contributed by atoms with Gasteiger partial charge in [0.25, 0.3) is 0 Å². The Balaban J connectivity index is 1.97. The van der Waals surface area contributed by atoms with Crippen LogP contribution >= 0.6 is 11.8 Å². The van der Waals surface area contributed by atoms with Gasteiger partial charge in [-0.1, -0.05) is 24.3 Å². The standard InChI is InChI=1S/C14H16N2S/c1-15-14(12-6-5-9-16-10-12)11-17-13-7-3-2-4-8-13/h2-10,14-15H,11H2,1H3. The molecule has 1 heterocycles. The monoisotopic (exact) mass is 244 g/mol. The SMILES string of the molecule is CNC(CSc1ccccc1)c1cccnc1. The van der Waals surface area contributed by atoms with Crippen LogP contribution in [0.3, 0.4) is 0 Å². The highest BCUT2D eigenvalue weighted by Crippen LogP contribution is 2.23. The molecule has 0 fully saturated rings. The van der Waals surface area contributed by atoms with Crippen molar-refractivity contribution in [3.63, 3.8) is 0 Å². The molecule has 88 valence electrons. The Morgan fingerprint density at radius 3 is 2.65 bits per heavy atom. The fourth-order valence-corrected chi connectivity index (χ4v) is 2.69. The molecule has 0 aliphatic carbocycles. The van der Waals surface area contributed by atoms with Crippen molar-refractivity contribution >= 4 is 11.8 Å². The van der Waals surface area contributed by atoms with Crippen molar-refractivity contribution < 1.29 is 0 Å². The Morgan fingerprint density at radius 1 is 1.18 bits per heavy atom. The zero-order valence-electron chi connectivity index (χ0n) is 9.84. The largest absolute Gasteiger partial charge is 0.312 e. The van der Waals surface area contributed by atoms with E-state index >= 15 is 0 Å². The minimum absolute atomic E-state index is 0.342. The fraction of sp³-hybridized carbons (Fsp3) is 0.214. The van der Waals surface area contributed by atoms with Crippen molar-refractivity contribution in [2.24, 2.45) is 0 Å². The van der Waals surface area contributed by atoms with Crippen molar-refractivity contribution in [2.45, 2.75) is 10.9 Å². The summed E-state index contributed by atoms with van der Waals surface area (Å²) in [5.74, 6) is 1.01. The molecule has 2 aromatic rings. The first-order chi connectivity index (χ1) is 8.40. The summed E-state index contributed by atoms with van der Waals surface area (Å²) in [6, 6.07) is 14.9. The van der Waals surface area contributed by atoms with E-state index in [4.69, 9.17) is 0 Å². The lowest BCUT2D eigenvalue weighted by molar-refractivity contribution is 0.659. The summed E-state index contributed by atoms with van der Waals surface area (Å²) in [5.41, 5.74) is 1.23. The summed E-state index contributed by atoms with van der Waals surface area (Å²) >= 11 is 1.86. The van der Waals surface area contributed by atoms with Crippen molar-refractivity contribution in [1.82, 2.24) is 10.3 Å². The minimum Gasteiger partial charge on any atom is -0.312 e. The van der Waals surface area contributed by atoms with E-state index in [1.165, 1.54) is 10.5 Å². The number of pyridine rings is 1. The summed E-state index contributed by atoms with van der Waals surface area (Å²) in [7, 11) is 1.99. The quantitative estimate of drug-likeness (QED) is 0.818. The second-order valence-corrected chi connectivity index (χ2v) is 4.85. The molecule has 0 aliphatic rings. The normalized spacial score (nSPS) is 12.3. The Labute approximate surface area is 106 Å². The molecular formula is C14H16N2S. The number of nitrogens with zero attached hydrogens (tertiary/aromatic N) is 1. The van der Waals surface area contributed by atoms with Crippen LogP contribution in [0.2, 0.25) is 0 Å². The molecule has 0 radical (unpaired) electrons. The Morgan fingerprint density at radius 2 is 2.00 bits per heavy atom. The number of nitrogens with one attached hydrogen (secondary N) is 1. The maximum absolute atomic E-state index is 4.16. The molecule has 0 spiro atoms. The molecule has 0 saturated heterocycles. The van der Waals surface area contributed by atoms with Crippen LogP contribution < -0.4 is 5.32 Å². The first kappa shape index (κ1) is 12.1. The Hall–Kier alpha value is -1.32. The first-order valence-corrected chi connectivity index (χ1v) is 6.64. The van der Waals surface area contributed by atoms with Crippen LogP contribution in [-0.4, -0.2) is 17.8 Å². The molecule has 0 saturated carbocycles. The van der Waals surface area contributed by atoms with Gasteiger partial charge in [0.1, 0.15) is 0 Å². The van der Waals surface area contributed by atoms with Gasteiger partial charge < -0.3 is 5.32 Å². The van der Waals surface area contributed by atoms with Crippen molar-refractivity contribution in [2.75, 3.05) is 12.8 Å². The molecule has 0 amide bonds. The highest BCUT2D eigenvalue weighted by atomic mass is 32.2. The Bertz CT molecular complexity index is 430. The number of benzene rings is 1. The molecule has 1 unspecified atom stereocenters. The molecule has 1 aromatic heterocycles. The average Bonchev–Trinajstić information content (AvgIpc) is 2.42. The topological polar surface area (TPSA) is 24.9 Å². The summed E-state index contributed by atoms with van der Waals surface area (Å²) in [5, 5.41) is 3.33. The summed E-state index contributed by atoms with van der Waals surface area (Å²) in [4.78, 5) is 5.46. The van der Waals surface area contributed by atoms with E-state index in [-0.39, 0.29) is 0 Å². The smallest absolute Gasteiger partial charge is 0.0428 e. The van der Waals surface area contributed by atoms with E-state index in [2.05, 4.69) is 40.6 Å². The van der Waals surface area contributed by atoms with Gasteiger partial charge in [-0.2, -0.15) is 0 Å². The molecule has 2 rings (SSSR count). The zero-order chi connectivity index (χ0) is 11.9. The number of rotatable bonds is 5. The highest BCUT2D eigenvalue weighted by molar-refractivity contribution is 7.99. The molecule has 0 bridgehead atoms. The van der Waals surface area contributed by atoms with Crippen LogP contribution in [0.5, 0.6) is 0 Å². The van der Waals surface area contributed by atoms with E-state index < -0.39 is 0 Å². The van der Waals surface area contributed by atoms with Gasteiger partial charge in [-0.05, 0) is 30.8 Å². The third kappa shape index (κ3) is 3.58. The van der Waals surface area contributed by atoms with Gasteiger partial charge in [0.05, 0.1) is 0 Å². The second kappa shape index (κ2) is 6.42. The summed E-state index contributed by atoms with van der Waals surface area (Å²) in [6.45, 7) is 0. The molecule has 1 atom stereocenters. The van der Waals surface area contributed by atoms with E-state index in [0.29, 0.717) is 6.04 Å². The van der Waals surface area contributed by atoms with Crippen LogP contribution in [-0.2, 0) is 0 Å². The lowest BCUT2D eigenvalue weighted by atomic mass is 10.1. The van der Waals surface area contributed by atoms with Gasteiger partial charge in [0.15, 0.2) is 0 Å². The molecular weight excluding hydrogens is 228 g/mol. The van der Waals surface area contributed by atoms with E-state index in [0.717, 1.165) is 5.75 Å². The first-order valence-electron chi connectivity index (χ1n) is 5.65. The number of thioether (sulfide) groups is 1. The van der Waals surface area contributed by atoms with E-state index in [9.17, 15) is 0 Å². The second-order valence-electron chi connectivity index (χ2n) is 3.75. The summed E-state index contributed by atoms with van der Waals surface area (Å²) in [6.07, 6.45) is 3.73. The molecule has 2 nitrogen and oxygen atoms in total. The lowest BCUT2D eigenvalue weighted by Gasteiger charge is -2.15. The van der Waals surface area contributed by atoms with Gasteiger partial charge in [0, 0.05) is 29.1 Å². The third-order valence-electron chi connectivity index (χ3n) is 2.60. The Kier molecular flexibility index (Phi) is 4.59. The predicted octanol–water partition coefficient (Wildman–Crippen LogP) is 3.13. The molecule has 1 aromatic carbocycles. The minimum atomic E-state index is 0.342. The zero-order valence-corrected chi connectivity index (χ0v) is 10.7. The lowest BCUT2D eigenvalue weighted by Crippen LogP contribution is -2.18. The van der Waals surface area contributed by atoms with Crippen molar-refractivity contribution in [3.05, 3.63) is 60.4 Å². The van der Waals surface area contributed by atoms with Crippen LogP contribution in [0.15, 0.2) is 59.8 Å². The third-order valence-corrected chi connectivity index (χ3v) is 3.70. The van der Waals surface area contributed by atoms with Crippen LogP contribution in [0.1, 0.15) is 11.6 Å². The van der Waals surface area contributed by atoms with Gasteiger partial charge in [-0.3, -0.25) is 4.98 Å². The molecule has 0 aliphatic heterocycles. The number of hydrogen-bond acceptors (Lipinski definition) is 3. The molecule has 3 heteroatoms. The molecule has 1 N–H and O–H groups in total. The summed E-state index contributed by atoms with van der Waals surface area (Å²) < 4.78 is 0.